The molecule has 1 heterocycles. The van der Waals surface area contributed by atoms with Gasteiger partial charge in [0.2, 0.25) is 11.8 Å². The standard InChI is InChI=1S/C16H26N2O2/c19-15(17-11-12-5-3-6-12)14-9-4-10-18(14)16(20)13-7-1-2-8-13/h12-14H,1-11H2,(H,17,19)/t14-/m1/s1. The van der Waals surface area contributed by atoms with E-state index < -0.39 is 0 Å². The first-order chi connectivity index (χ1) is 9.75. The average molecular weight is 278 g/mol. The Balaban J connectivity index is 1.53. The summed E-state index contributed by atoms with van der Waals surface area (Å²) in [4.78, 5) is 26.7. The van der Waals surface area contributed by atoms with Gasteiger partial charge in [-0.2, -0.15) is 0 Å². The first-order valence-electron chi connectivity index (χ1n) is 8.34. The predicted octanol–water partition coefficient (Wildman–Crippen LogP) is 2.08. The summed E-state index contributed by atoms with van der Waals surface area (Å²) in [5, 5.41) is 3.07. The Morgan fingerprint density at radius 3 is 2.35 bits per heavy atom. The van der Waals surface area contributed by atoms with Gasteiger partial charge in [0.1, 0.15) is 6.04 Å². The molecular weight excluding hydrogens is 252 g/mol. The average Bonchev–Trinajstić information content (AvgIpc) is 3.07. The molecule has 3 rings (SSSR count). The monoisotopic (exact) mass is 278 g/mol. The molecule has 112 valence electrons. The van der Waals surface area contributed by atoms with Crippen LogP contribution in [0.15, 0.2) is 0 Å². The van der Waals surface area contributed by atoms with Gasteiger partial charge in [0.25, 0.3) is 0 Å². The largest absolute Gasteiger partial charge is 0.354 e. The highest BCUT2D eigenvalue weighted by molar-refractivity contribution is 5.89. The highest BCUT2D eigenvalue weighted by Crippen LogP contribution is 2.30. The Morgan fingerprint density at radius 1 is 0.950 bits per heavy atom. The number of amides is 2. The molecule has 2 aliphatic carbocycles. The molecule has 0 aromatic carbocycles. The number of likely N-dealkylation sites (tertiary alicyclic amines) is 1. The predicted molar refractivity (Wildman–Crippen MR) is 77.0 cm³/mol. The van der Waals surface area contributed by atoms with Gasteiger partial charge in [-0.25, -0.2) is 0 Å². The quantitative estimate of drug-likeness (QED) is 0.856. The van der Waals surface area contributed by atoms with Crippen LogP contribution in [0.5, 0.6) is 0 Å². The summed E-state index contributed by atoms with van der Waals surface area (Å²) in [7, 11) is 0. The molecule has 3 aliphatic rings. The Hall–Kier alpha value is -1.06. The van der Waals surface area contributed by atoms with E-state index in [4.69, 9.17) is 0 Å². The maximum atomic E-state index is 12.5. The third-order valence-electron chi connectivity index (χ3n) is 5.33. The number of hydrogen-bond donors (Lipinski definition) is 1. The highest BCUT2D eigenvalue weighted by atomic mass is 16.2. The van der Waals surface area contributed by atoms with Gasteiger partial charge in [-0.1, -0.05) is 19.3 Å². The molecule has 1 atom stereocenters. The molecule has 0 aromatic heterocycles. The van der Waals surface area contributed by atoms with E-state index >= 15 is 0 Å². The van der Waals surface area contributed by atoms with Crippen molar-refractivity contribution >= 4 is 11.8 Å². The fraction of sp³-hybridized carbons (Fsp3) is 0.875. The fourth-order valence-electron chi connectivity index (χ4n) is 3.77. The Bertz CT molecular complexity index is 373. The molecule has 4 nitrogen and oxygen atoms in total. The van der Waals surface area contributed by atoms with Crippen molar-refractivity contribution in [2.24, 2.45) is 11.8 Å². The molecule has 2 amide bonds. The van der Waals surface area contributed by atoms with E-state index in [1.165, 1.54) is 32.1 Å². The minimum Gasteiger partial charge on any atom is -0.354 e. The minimum atomic E-state index is -0.192. The van der Waals surface area contributed by atoms with Crippen LogP contribution < -0.4 is 5.32 Å². The van der Waals surface area contributed by atoms with Crippen molar-refractivity contribution in [3.8, 4) is 0 Å². The zero-order chi connectivity index (χ0) is 13.9. The lowest BCUT2D eigenvalue weighted by molar-refractivity contribution is -0.141. The number of hydrogen-bond acceptors (Lipinski definition) is 2. The van der Waals surface area contributed by atoms with Gasteiger partial charge in [-0.3, -0.25) is 9.59 Å². The summed E-state index contributed by atoms with van der Waals surface area (Å²) in [6.07, 6.45) is 9.99. The van der Waals surface area contributed by atoms with Gasteiger partial charge in [-0.15, -0.1) is 0 Å². The van der Waals surface area contributed by atoms with Gasteiger partial charge in [0.15, 0.2) is 0 Å². The minimum absolute atomic E-state index is 0.0840. The van der Waals surface area contributed by atoms with Crippen molar-refractivity contribution in [2.45, 2.75) is 63.8 Å². The SMILES string of the molecule is O=C(NCC1CCC1)[C@H]1CCCN1C(=O)C1CCCC1. The molecule has 3 fully saturated rings. The van der Waals surface area contributed by atoms with E-state index in [2.05, 4.69) is 5.32 Å². The first kappa shape index (κ1) is 13.9. The number of nitrogens with one attached hydrogen (secondary N) is 1. The van der Waals surface area contributed by atoms with E-state index in [0.29, 0.717) is 5.92 Å². The second-order valence-electron chi connectivity index (χ2n) is 6.71. The van der Waals surface area contributed by atoms with E-state index in [1.54, 1.807) is 0 Å². The molecule has 0 aromatic rings. The summed E-state index contributed by atoms with van der Waals surface area (Å²) in [6.45, 7) is 1.58. The van der Waals surface area contributed by atoms with Crippen LogP contribution in [0.25, 0.3) is 0 Å². The smallest absolute Gasteiger partial charge is 0.242 e. The van der Waals surface area contributed by atoms with Crippen LogP contribution in [0.1, 0.15) is 57.8 Å². The number of nitrogens with zero attached hydrogens (tertiary/aromatic N) is 1. The number of carbonyl (C=O) groups excluding carboxylic acids is 2. The Morgan fingerprint density at radius 2 is 1.70 bits per heavy atom. The zero-order valence-corrected chi connectivity index (χ0v) is 12.3. The third kappa shape index (κ3) is 2.84. The molecule has 0 bridgehead atoms. The van der Waals surface area contributed by atoms with E-state index in [-0.39, 0.29) is 23.8 Å². The van der Waals surface area contributed by atoms with Gasteiger partial charge in [0.05, 0.1) is 0 Å². The van der Waals surface area contributed by atoms with E-state index in [9.17, 15) is 9.59 Å². The molecule has 0 spiro atoms. The van der Waals surface area contributed by atoms with Crippen LogP contribution in [-0.4, -0.2) is 35.8 Å². The fourth-order valence-corrected chi connectivity index (χ4v) is 3.77. The normalized spacial score (nSPS) is 27.6. The lowest BCUT2D eigenvalue weighted by atomic mass is 9.85. The zero-order valence-electron chi connectivity index (χ0n) is 12.3. The molecular formula is C16H26N2O2. The van der Waals surface area contributed by atoms with Crippen molar-refractivity contribution in [2.75, 3.05) is 13.1 Å². The first-order valence-corrected chi connectivity index (χ1v) is 8.34. The molecule has 1 N–H and O–H groups in total. The van der Waals surface area contributed by atoms with Gasteiger partial charge in [0, 0.05) is 19.0 Å². The van der Waals surface area contributed by atoms with Crippen LogP contribution in [0, 0.1) is 11.8 Å². The number of rotatable bonds is 4. The van der Waals surface area contributed by atoms with Crippen molar-refractivity contribution in [3.05, 3.63) is 0 Å². The summed E-state index contributed by atoms with van der Waals surface area (Å²) >= 11 is 0. The molecule has 1 saturated heterocycles. The Kier molecular flexibility index (Phi) is 4.27. The molecule has 4 heteroatoms. The lowest BCUT2D eigenvalue weighted by Crippen LogP contribution is -2.48. The summed E-state index contributed by atoms with van der Waals surface area (Å²) < 4.78 is 0. The lowest BCUT2D eigenvalue weighted by Gasteiger charge is -2.29. The van der Waals surface area contributed by atoms with Crippen LogP contribution in [0.3, 0.4) is 0 Å². The van der Waals surface area contributed by atoms with Crippen LogP contribution in [-0.2, 0) is 9.59 Å². The second-order valence-corrected chi connectivity index (χ2v) is 6.71. The molecule has 0 unspecified atom stereocenters. The molecule has 1 aliphatic heterocycles. The van der Waals surface area contributed by atoms with Gasteiger partial charge in [-0.05, 0) is 44.4 Å². The van der Waals surface area contributed by atoms with Crippen LogP contribution in [0.2, 0.25) is 0 Å². The number of carbonyl (C=O) groups is 2. The molecule has 20 heavy (non-hydrogen) atoms. The van der Waals surface area contributed by atoms with Crippen molar-refractivity contribution in [1.29, 1.82) is 0 Å². The molecule has 2 saturated carbocycles. The van der Waals surface area contributed by atoms with Crippen molar-refractivity contribution in [3.63, 3.8) is 0 Å². The van der Waals surface area contributed by atoms with E-state index in [0.717, 1.165) is 38.8 Å². The van der Waals surface area contributed by atoms with Crippen LogP contribution >= 0.6 is 0 Å². The maximum Gasteiger partial charge on any atom is 0.242 e. The van der Waals surface area contributed by atoms with Gasteiger partial charge >= 0.3 is 0 Å². The Labute approximate surface area is 121 Å². The van der Waals surface area contributed by atoms with Crippen molar-refractivity contribution < 1.29 is 9.59 Å². The topological polar surface area (TPSA) is 49.4 Å². The highest BCUT2D eigenvalue weighted by Gasteiger charge is 2.37. The van der Waals surface area contributed by atoms with Gasteiger partial charge < -0.3 is 10.2 Å². The molecule has 0 radical (unpaired) electrons. The van der Waals surface area contributed by atoms with Crippen molar-refractivity contribution in [1.82, 2.24) is 10.2 Å². The summed E-state index contributed by atoms with van der Waals surface area (Å²) in [5.41, 5.74) is 0. The maximum absolute atomic E-state index is 12.5. The second kappa shape index (κ2) is 6.15. The summed E-state index contributed by atoms with van der Waals surface area (Å²) in [6, 6.07) is -0.192. The summed E-state index contributed by atoms with van der Waals surface area (Å²) in [5.74, 6) is 1.19. The third-order valence-corrected chi connectivity index (χ3v) is 5.33. The van der Waals surface area contributed by atoms with E-state index in [1.807, 2.05) is 4.90 Å². The van der Waals surface area contributed by atoms with Crippen LogP contribution in [0.4, 0.5) is 0 Å².